The molecule has 3 aromatic rings. The molecule has 0 spiro atoms. The van der Waals surface area contributed by atoms with Crippen molar-refractivity contribution in [3.63, 3.8) is 0 Å². The molecule has 0 aromatic heterocycles. The smallest absolute Gasteiger partial charge is 0.277 e. The predicted octanol–water partition coefficient (Wildman–Crippen LogP) is 4.95. The van der Waals surface area contributed by atoms with Gasteiger partial charge in [-0.2, -0.15) is 5.10 Å². The van der Waals surface area contributed by atoms with Crippen LogP contribution in [-0.4, -0.2) is 32.4 Å². The number of nitrogens with one attached hydrogen (secondary N) is 1. The number of hydrogen-bond donors (Lipinski definition) is 1. The molecule has 0 saturated carbocycles. The first kappa shape index (κ1) is 23.9. The highest BCUT2D eigenvalue weighted by Crippen LogP contribution is 2.32. The van der Waals surface area contributed by atoms with Crippen molar-refractivity contribution in [2.45, 2.75) is 26.2 Å². The van der Waals surface area contributed by atoms with Crippen LogP contribution in [0.1, 0.15) is 37.5 Å². The molecule has 0 bridgehead atoms. The van der Waals surface area contributed by atoms with E-state index in [1.807, 2.05) is 48.5 Å². The molecule has 1 N–H and O–H groups in total. The van der Waals surface area contributed by atoms with E-state index >= 15 is 0 Å². The topological polar surface area (TPSA) is 69.2 Å². The van der Waals surface area contributed by atoms with Crippen LogP contribution in [0.3, 0.4) is 0 Å². The lowest BCUT2D eigenvalue weighted by atomic mass is 9.78. The minimum absolute atomic E-state index is 0.131. The van der Waals surface area contributed by atoms with E-state index in [1.165, 1.54) is 11.1 Å². The molecule has 172 valence electrons. The third-order valence-corrected chi connectivity index (χ3v) is 5.59. The number of nitrogens with zero attached hydrogens (tertiary/aromatic N) is 1. The first-order valence-electron chi connectivity index (χ1n) is 10.7. The number of carbonyl (C=O) groups is 1. The normalized spacial score (nSPS) is 11.6. The minimum atomic E-state index is -0.344. The van der Waals surface area contributed by atoms with Crippen LogP contribution < -0.4 is 19.6 Å². The second-order valence-corrected chi connectivity index (χ2v) is 8.11. The lowest BCUT2D eigenvalue weighted by Crippen LogP contribution is -2.25. The Bertz CT molecular complexity index is 1110. The molecule has 0 atom stereocenters. The second-order valence-electron chi connectivity index (χ2n) is 8.11. The number of hydrazone groups is 1. The molecule has 0 aliphatic heterocycles. The lowest BCUT2D eigenvalue weighted by molar-refractivity contribution is -0.123. The number of benzene rings is 3. The molecular weight excluding hydrogens is 416 g/mol. The molecule has 0 aliphatic rings. The Morgan fingerprint density at radius 2 is 1.52 bits per heavy atom. The lowest BCUT2D eigenvalue weighted by Gasteiger charge is -2.26. The molecule has 6 heteroatoms. The third kappa shape index (κ3) is 5.92. The van der Waals surface area contributed by atoms with Crippen molar-refractivity contribution in [3.8, 4) is 17.2 Å². The zero-order valence-electron chi connectivity index (χ0n) is 19.7. The van der Waals surface area contributed by atoms with Crippen molar-refractivity contribution in [1.29, 1.82) is 0 Å². The maximum Gasteiger partial charge on any atom is 0.277 e. The fraction of sp³-hybridized carbons (Fsp3) is 0.259. The minimum Gasteiger partial charge on any atom is -0.493 e. The maximum atomic E-state index is 12.2. The van der Waals surface area contributed by atoms with E-state index in [1.54, 1.807) is 33.3 Å². The van der Waals surface area contributed by atoms with Gasteiger partial charge in [0.1, 0.15) is 5.75 Å². The standard InChI is InChI=1S/C27H30N2O4/c1-19(20-11-16-24(31-4)25(17-20)32-5)28-29-26(30)18-33-23-14-12-22(13-15-23)27(2,3)21-9-7-6-8-10-21/h6-17H,18H2,1-5H3,(H,29,30)/b28-19+. The largest absolute Gasteiger partial charge is 0.493 e. The summed E-state index contributed by atoms with van der Waals surface area (Å²) in [6, 6.07) is 23.6. The van der Waals surface area contributed by atoms with Gasteiger partial charge in [0.15, 0.2) is 18.1 Å². The van der Waals surface area contributed by atoms with Crippen molar-refractivity contribution >= 4 is 11.6 Å². The highest BCUT2D eigenvalue weighted by Gasteiger charge is 2.22. The van der Waals surface area contributed by atoms with Crippen molar-refractivity contribution in [1.82, 2.24) is 5.43 Å². The van der Waals surface area contributed by atoms with Crippen LogP contribution in [0, 0.1) is 0 Å². The number of amides is 1. The van der Waals surface area contributed by atoms with E-state index in [2.05, 4.69) is 36.5 Å². The van der Waals surface area contributed by atoms with Crippen molar-refractivity contribution in [2.24, 2.45) is 5.10 Å². The number of hydrogen-bond acceptors (Lipinski definition) is 5. The number of rotatable bonds is 9. The molecule has 0 fully saturated rings. The fourth-order valence-corrected chi connectivity index (χ4v) is 3.44. The van der Waals surface area contributed by atoms with Crippen LogP contribution >= 0.6 is 0 Å². The summed E-state index contributed by atoms with van der Waals surface area (Å²) in [5.74, 6) is 1.50. The number of methoxy groups -OCH3 is 2. The highest BCUT2D eigenvalue weighted by molar-refractivity contribution is 5.99. The average Bonchev–Trinajstić information content (AvgIpc) is 2.86. The first-order chi connectivity index (χ1) is 15.8. The molecule has 33 heavy (non-hydrogen) atoms. The summed E-state index contributed by atoms with van der Waals surface area (Å²) in [5.41, 5.74) is 6.25. The van der Waals surface area contributed by atoms with Crippen LogP contribution in [-0.2, 0) is 10.2 Å². The molecule has 3 rings (SSSR count). The molecule has 0 saturated heterocycles. The molecule has 1 amide bonds. The van der Waals surface area contributed by atoms with Gasteiger partial charge in [-0.15, -0.1) is 0 Å². The van der Waals surface area contributed by atoms with E-state index in [9.17, 15) is 4.79 Å². The van der Waals surface area contributed by atoms with E-state index in [-0.39, 0.29) is 17.9 Å². The molecule has 6 nitrogen and oxygen atoms in total. The summed E-state index contributed by atoms with van der Waals surface area (Å²) in [5, 5.41) is 4.16. The van der Waals surface area contributed by atoms with Gasteiger partial charge >= 0.3 is 0 Å². The van der Waals surface area contributed by atoms with Gasteiger partial charge < -0.3 is 14.2 Å². The zero-order chi connectivity index (χ0) is 23.8. The second kappa shape index (κ2) is 10.7. The number of carbonyl (C=O) groups excluding carboxylic acids is 1. The summed E-state index contributed by atoms with van der Waals surface area (Å²) in [6.45, 7) is 6.04. The van der Waals surface area contributed by atoms with E-state index in [0.717, 1.165) is 5.56 Å². The van der Waals surface area contributed by atoms with Crippen molar-refractivity contribution in [2.75, 3.05) is 20.8 Å². The quantitative estimate of drug-likeness (QED) is 0.373. The summed E-state index contributed by atoms with van der Waals surface area (Å²) >= 11 is 0. The van der Waals surface area contributed by atoms with Gasteiger partial charge in [-0.25, -0.2) is 5.43 Å². The van der Waals surface area contributed by atoms with Gasteiger partial charge in [0.25, 0.3) is 5.91 Å². The Kier molecular flexibility index (Phi) is 7.72. The highest BCUT2D eigenvalue weighted by atomic mass is 16.5. The average molecular weight is 447 g/mol. The van der Waals surface area contributed by atoms with Gasteiger partial charge in [0.05, 0.1) is 19.9 Å². The monoisotopic (exact) mass is 446 g/mol. The van der Waals surface area contributed by atoms with Crippen LogP contribution in [0.2, 0.25) is 0 Å². The summed E-state index contributed by atoms with van der Waals surface area (Å²) in [6.07, 6.45) is 0. The third-order valence-electron chi connectivity index (χ3n) is 5.59. The van der Waals surface area contributed by atoms with E-state index in [4.69, 9.17) is 14.2 Å². The van der Waals surface area contributed by atoms with Gasteiger partial charge in [0.2, 0.25) is 0 Å². The van der Waals surface area contributed by atoms with Crippen molar-refractivity contribution < 1.29 is 19.0 Å². The molecule has 3 aromatic carbocycles. The van der Waals surface area contributed by atoms with Crippen LogP contribution in [0.4, 0.5) is 0 Å². The summed E-state index contributed by atoms with van der Waals surface area (Å²) in [4.78, 5) is 12.2. The zero-order valence-corrected chi connectivity index (χ0v) is 19.7. The first-order valence-corrected chi connectivity index (χ1v) is 10.7. The van der Waals surface area contributed by atoms with Crippen molar-refractivity contribution in [3.05, 3.63) is 89.5 Å². The van der Waals surface area contributed by atoms with Gasteiger partial charge in [0, 0.05) is 11.0 Å². The Labute approximate surface area is 195 Å². The molecular formula is C27H30N2O4. The molecule has 0 aliphatic carbocycles. The number of ether oxygens (including phenoxy) is 3. The Balaban J connectivity index is 1.56. The van der Waals surface area contributed by atoms with Gasteiger partial charge in [-0.3, -0.25) is 4.79 Å². The Hall–Kier alpha value is -3.80. The van der Waals surface area contributed by atoms with Crippen LogP contribution in [0.5, 0.6) is 17.2 Å². The van der Waals surface area contributed by atoms with E-state index in [0.29, 0.717) is 23.0 Å². The molecule has 0 radical (unpaired) electrons. The Morgan fingerprint density at radius 1 is 0.879 bits per heavy atom. The summed E-state index contributed by atoms with van der Waals surface area (Å²) in [7, 11) is 3.15. The van der Waals surface area contributed by atoms with Crippen LogP contribution in [0.15, 0.2) is 77.9 Å². The predicted molar refractivity (Wildman–Crippen MR) is 130 cm³/mol. The van der Waals surface area contributed by atoms with E-state index < -0.39 is 0 Å². The SMILES string of the molecule is COc1ccc(/C(C)=N/NC(=O)COc2ccc(C(C)(C)c3ccccc3)cc2)cc1OC. The van der Waals surface area contributed by atoms with Gasteiger partial charge in [-0.1, -0.05) is 56.3 Å². The summed E-state index contributed by atoms with van der Waals surface area (Å²) < 4.78 is 16.2. The molecule has 0 heterocycles. The molecule has 0 unspecified atom stereocenters. The Morgan fingerprint density at radius 3 is 2.15 bits per heavy atom. The maximum absolute atomic E-state index is 12.2. The van der Waals surface area contributed by atoms with Gasteiger partial charge in [-0.05, 0) is 48.4 Å². The fourth-order valence-electron chi connectivity index (χ4n) is 3.44. The van der Waals surface area contributed by atoms with Crippen LogP contribution in [0.25, 0.3) is 0 Å².